The highest BCUT2D eigenvalue weighted by atomic mass is 32.2. The van der Waals surface area contributed by atoms with E-state index in [2.05, 4.69) is 4.72 Å². The van der Waals surface area contributed by atoms with Crippen molar-refractivity contribution < 1.29 is 13.2 Å². The highest BCUT2D eigenvalue weighted by Gasteiger charge is 2.15. The van der Waals surface area contributed by atoms with E-state index in [9.17, 15) is 13.2 Å². The summed E-state index contributed by atoms with van der Waals surface area (Å²) in [6.07, 6.45) is 0.884. The van der Waals surface area contributed by atoms with Crippen LogP contribution in [-0.4, -0.2) is 39.4 Å². The Labute approximate surface area is 114 Å². The van der Waals surface area contributed by atoms with Crippen LogP contribution in [0.1, 0.15) is 30.6 Å². The maximum atomic E-state index is 12.0. The minimum absolute atomic E-state index is 0.103. The third-order valence-corrected chi connectivity index (χ3v) is 4.21. The van der Waals surface area contributed by atoms with Gasteiger partial charge in [-0.1, -0.05) is 13.8 Å². The summed E-state index contributed by atoms with van der Waals surface area (Å²) in [5, 5.41) is 0. The van der Waals surface area contributed by atoms with Crippen LogP contribution in [0.4, 0.5) is 0 Å². The molecule has 0 saturated carbocycles. The van der Waals surface area contributed by atoms with Gasteiger partial charge in [-0.2, -0.15) is 0 Å². The first-order valence-corrected chi connectivity index (χ1v) is 7.76. The predicted molar refractivity (Wildman–Crippen MR) is 74.6 cm³/mol. The Hall–Kier alpha value is -1.40. The summed E-state index contributed by atoms with van der Waals surface area (Å²) in [5.41, 5.74) is 0.492. The number of hydrogen-bond donors (Lipinski definition) is 1. The molecule has 106 valence electrons. The molecule has 1 rings (SSSR count). The van der Waals surface area contributed by atoms with E-state index < -0.39 is 10.0 Å². The average molecular weight is 284 g/mol. The molecule has 0 bridgehead atoms. The van der Waals surface area contributed by atoms with Gasteiger partial charge in [0.2, 0.25) is 10.0 Å². The van der Waals surface area contributed by atoms with Gasteiger partial charge in [0.25, 0.3) is 5.91 Å². The standard InChI is InChI=1S/C13H20N2O3S/c1-4-10-15(3)13(16)11-6-8-12(9-7-11)19(17,18)14-5-2/h6-9,14H,4-5,10H2,1-3H3. The Morgan fingerprint density at radius 2 is 1.79 bits per heavy atom. The van der Waals surface area contributed by atoms with Crippen LogP contribution in [0.15, 0.2) is 29.2 Å². The molecule has 1 aromatic carbocycles. The number of rotatable bonds is 6. The van der Waals surface area contributed by atoms with E-state index in [1.54, 1.807) is 31.0 Å². The third-order valence-electron chi connectivity index (χ3n) is 2.65. The lowest BCUT2D eigenvalue weighted by Crippen LogP contribution is -2.27. The monoisotopic (exact) mass is 284 g/mol. The fraction of sp³-hybridized carbons (Fsp3) is 0.462. The second-order valence-corrected chi connectivity index (χ2v) is 6.02. The van der Waals surface area contributed by atoms with Gasteiger partial charge in [-0.3, -0.25) is 4.79 Å². The summed E-state index contributed by atoms with van der Waals surface area (Å²) < 4.78 is 25.9. The Balaban J connectivity index is 2.91. The fourth-order valence-corrected chi connectivity index (χ4v) is 2.75. The number of nitrogens with one attached hydrogen (secondary N) is 1. The van der Waals surface area contributed by atoms with Crippen LogP contribution in [0.5, 0.6) is 0 Å². The van der Waals surface area contributed by atoms with E-state index in [-0.39, 0.29) is 10.8 Å². The summed E-state index contributed by atoms with van der Waals surface area (Å²) in [7, 11) is -1.73. The maximum Gasteiger partial charge on any atom is 0.253 e. The Morgan fingerprint density at radius 3 is 2.26 bits per heavy atom. The van der Waals surface area contributed by atoms with Gasteiger partial charge in [0.1, 0.15) is 0 Å². The second-order valence-electron chi connectivity index (χ2n) is 4.25. The van der Waals surface area contributed by atoms with E-state index in [0.29, 0.717) is 18.7 Å². The van der Waals surface area contributed by atoms with Crippen molar-refractivity contribution in [3.05, 3.63) is 29.8 Å². The van der Waals surface area contributed by atoms with Crippen molar-refractivity contribution >= 4 is 15.9 Å². The first-order valence-electron chi connectivity index (χ1n) is 6.27. The Kier molecular flexibility index (Phi) is 5.50. The molecule has 0 saturated heterocycles. The van der Waals surface area contributed by atoms with Crippen LogP contribution in [0.25, 0.3) is 0 Å². The Morgan fingerprint density at radius 1 is 1.21 bits per heavy atom. The largest absolute Gasteiger partial charge is 0.342 e. The summed E-state index contributed by atoms with van der Waals surface area (Å²) in [5.74, 6) is -0.103. The molecule has 1 amide bonds. The molecule has 0 aromatic heterocycles. The number of hydrogen-bond acceptors (Lipinski definition) is 3. The van der Waals surface area contributed by atoms with Gasteiger partial charge in [0, 0.05) is 25.7 Å². The van der Waals surface area contributed by atoms with Crippen LogP contribution in [0.3, 0.4) is 0 Å². The smallest absolute Gasteiger partial charge is 0.253 e. The van der Waals surface area contributed by atoms with Gasteiger partial charge < -0.3 is 4.90 Å². The van der Waals surface area contributed by atoms with Gasteiger partial charge in [-0.05, 0) is 30.7 Å². The van der Waals surface area contributed by atoms with Gasteiger partial charge in [-0.15, -0.1) is 0 Å². The van der Waals surface area contributed by atoms with Crippen LogP contribution in [-0.2, 0) is 10.0 Å². The quantitative estimate of drug-likeness (QED) is 0.860. The van der Waals surface area contributed by atoms with Crippen LogP contribution < -0.4 is 4.72 Å². The van der Waals surface area contributed by atoms with Crippen molar-refractivity contribution in [2.24, 2.45) is 0 Å². The van der Waals surface area contributed by atoms with Crippen molar-refractivity contribution in [1.29, 1.82) is 0 Å². The summed E-state index contributed by atoms with van der Waals surface area (Å²) in [6, 6.07) is 5.98. The van der Waals surface area contributed by atoms with E-state index in [1.165, 1.54) is 12.1 Å². The molecular weight excluding hydrogens is 264 g/mol. The van der Waals surface area contributed by atoms with Gasteiger partial charge in [0.15, 0.2) is 0 Å². The van der Waals surface area contributed by atoms with E-state index in [0.717, 1.165) is 6.42 Å². The number of carbonyl (C=O) groups excluding carboxylic acids is 1. The second kappa shape index (κ2) is 6.68. The van der Waals surface area contributed by atoms with Gasteiger partial charge in [-0.25, -0.2) is 13.1 Å². The van der Waals surface area contributed by atoms with Gasteiger partial charge in [0.05, 0.1) is 4.90 Å². The zero-order valence-corrected chi connectivity index (χ0v) is 12.3. The number of sulfonamides is 1. The fourth-order valence-electron chi connectivity index (χ4n) is 1.71. The van der Waals surface area contributed by atoms with E-state index in [1.807, 2.05) is 6.92 Å². The molecule has 0 atom stereocenters. The Bertz CT molecular complexity index is 523. The molecule has 0 aliphatic rings. The zero-order valence-electron chi connectivity index (χ0n) is 11.5. The van der Waals surface area contributed by atoms with Crippen LogP contribution >= 0.6 is 0 Å². The number of amides is 1. The minimum Gasteiger partial charge on any atom is -0.342 e. The molecule has 0 radical (unpaired) electrons. The lowest BCUT2D eigenvalue weighted by atomic mass is 10.2. The molecule has 0 fully saturated rings. The maximum absolute atomic E-state index is 12.0. The first-order chi connectivity index (χ1) is 8.92. The van der Waals surface area contributed by atoms with Crippen molar-refractivity contribution in [3.8, 4) is 0 Å². The van der Waals surface area contributed by atoms with Crippen molar-refractivity contribution in [2.75, 3.05) is 20.1 Å². The molecule has 0 heterocycles. The molecule has 0 unspecified atom stereocenters. The number of nitrogens with zero attached hydrogens (tertiary/aromatic N) is 1. The highest BCUT2D eigenvalue weighted by Crippen LogP contribution is 2.11. The number of carbonyl (C=O) groups is 1. The van der Waals surface area contributed by atoms with E-state index in [4.69, 9.17) is 0 Å². The van der Waals surface area contributed by atoms with E-state index >= 15 is 0 Å². The molecule has 0 aliphatic heterocycles. The molecule has 6 heteroatoms. The number of benzene rings is 1. The summed E-state index contributed by atoms with van der Waals surface area (Å²) in [4.78, 5) is 13.8. The van der Waals surface area contributed by atoms with Crippen molar-refractivity contribution in [2.45, 2.75) is 25.2 Å². The van der Waals surface area contributed by atoms with Crippen LogP contribution in [0, 0.1) is 0 Å². The van der Waals surface area contributed by atoms with Crippen molar-refractivity contribution in [3.63, 3.8) is 0 Å². The SMILES string of the molecule is CCCN(C)C(=O)c1ccc(S(=O)(=O)NCC)cc1. The summed E-state index contributed by atoms with van der Waals surface area (Å²) >= 11 is 0. The molecule has 19 heavy (non-hydrogen) atoms. The zero-order chi connectivity index (χ0) is 14.5. The molecule has 5 nitrogen and oxygen atoms in total. The average Bonchev–Trinajstić information content (AvgIpc) is 2.38. The third kappa shape index (κ3) is 4.04. The molecular formula is C13H20N2O3S. The minimum atomic E-state index is -3.46. The highest BCUT2D eigenvalue weighted by molar-refractivity contribution is 7.89. The lowest BCUT2D eigenvalue weighted by Gasteiger charge is -2.16. The predicted octanol–water partition coefficient (Wildman–Crippen LogP) is 1.47. The molecule has 0 aliphatic carbocycles. The molecule has 0 spiro atoms. The first kappa shape index (κ1) is 15.7. The summed E-state index contributed by atoms with van der Waals surface area (Å²) in [6.45, 7) is 4.73. The van der Waals surface area contributed by atoms with Gasteiger partial charge >= 0.3 is 0 Å². The van der Waals surface area contributed by atoms with Crippen LogP contribution in [0.2, 0.25) is 0 Å². The molecule has 1 N–H and O–H groups in total. The topological polar surface area (TPSA) is 66.5 Å². The lowest BCUT2D eigenvalue weighted by molar-refractivity contribution is 0.0795. The normalized spacial score (nSPS) is 11.3. The van der Waals surface area contributed by atoms with Crippen molar-refractivity contribution in [1.82, 2.24) is 9.62 Å². The molecule has 1 aromatic rings.